The number of guanidine groups is 1. The molecule has 28 heavy (non-hydrogen) atoms. The average Bonchev–Trinajstić information content (AvgIpc) is 3.20. The van der Waals surface area contributed by atoms with E-state index in [4.69, 9.17) is 14.5 Å². The van der Waals surface area contributed by atoms with Gasteiger partial charge in [-0.2, -0.15) is 0 Å². The monoisotopic (exact) mass is 390 g/mol. The lowest BCUT2D eigenvalue weighted by Gasteiger charge is -2.19. The summed E-state index contributed by atoms with van der Waals surface area (Å²) in [6.07, 6.45) is 4.50. The molecular weight excluding hydrogens is 352 g/mol. The summed E-state index contributed by atoms with van der Waals surface area (Å²) in [4.78, 5) is 7.23. The van der Waals surface area contributed by atoms with Crippen LogP contribution < -0.4 is 20.3 Å². The van der Waals surface area contributed by atoms with Gasteiger partial charge in [-0.1, -0.05) is 19.4 Å². The van der Waals surface area contributed by atoms with Crippen LogP contribution in [0.2, 0.25) is 0 Å². The minimum Gasteiger partial charge on any atom is -0.497 e. The third-order valence-electron chi connectivity index (χ3n) is 4.96. The number of benzene rings is 1. The largest absolute Gasteiger partial charge is 0.497 e. The Morgan fingerprint density at radius 3 is 2.86 bits per heavy atom. The molecule has 1 fully saturated rings. The van der Waals surface area contributed by atoms with Crippen LogP contribution in [0, 0.1) is 5.92 Å². The number of rotatable bonds is 12. The van der Waals surface area contributed by atoms with E-state index in [0.29, 0.717) is 5.92 Å². The number of anilines is 1. The fourth-order valence-electron chi connectivity index (χ4n) is 3.31. The van der Waals surface area contributed by atoms with Crippen molar-refractivity contribution in [2.45, 2.75) is 39.5 Å². The number of ether oxygens (including phenoxy) is 2. The second-order valence-electron chi connectivity index (χ2n) is 7.27. The molecule has 0 aliphatic carbocycles. The lowest BCUT2D eigenvalue weighted by Crippen LogP contribution is -2.38. The molecule has 1 unspecified atom stereocenters. The van der Waals surface area contributed by atoms with Crippen molar-refractivity contribution < 1.29 is 9.47 Å². The minimum atomic E-state index is 0.582. The Labute approximate surface area is 170 Å². The molecule has 0 bridgehead atoms. The maximum absolute atomic E-state index is 5.61. The Kier molecular flexibility index (Phi) is 10.6. The van der Waals surface area contributed by atoms with Gasteiger partial charge < -0.3 is 25.0 Å². The molecule has 1 aromatic rings. The zero-order valence-corrected chi connectivity index (χ0v) is 17.9. The zero-order chi connectivity index (χ0) is 20.0. The third kappa shape index (κ3) is 7.97. The van der Waals surface area contributed by atoms with Gasteiger partial charge in [0.25, 0.3) is 0 Å². The van der Waals surface area contributed by atoms with E-state index in [1.165, 1.54) is 18.5 Å². The highest BCUT2D eigenvalue weighted by Crippen LogP contribution is 2.26. The molecule has 0 amide bonds. The Morgan fingerprint density at radius 2 is 2.07 bits per heavy atom. The molecule has 1 aromatic carbocycles. The van der Waals surface area contributed by atoms with Crippen molar-refractivity contribution in [1.82, 2.24) is 10.6 Å². The summed E-state index contributed by atoms with van der Waals surface area (Å²) in [6, 6.07) is 8.31. The van der Waals surface area contributed by atoms with Crippen LogP contribution >= 0.6 is 0 Å². The number of unbranched alkanes of at least 4 members (excludes halogenated alkanes) is 1. The van der Waals surface area contributed by atoms with E-state index in [1.807, 2.05) is 6.07 Å². The quantitative estimate of drug-likeness (QED) is 0.326. The van der Waals surface area contributed by atoms with Crippen molar-refractivity contribution in [3.8, 4) is 5.75 Å². The normalized spacial score (nSPS) is 17.0. The molecule has 6 nitrogen and oxygen atoms in total. The fourth-order valence-corrected chi connectivity index (χ4v) is 3.31. The molecule has 0 saturated carbocycles. The molecule has 1 heterocycles. The summed E-state index contributed by atoms with van der Waals surface area (Å²) in [5.41, 5.74) is 1.24. The van der Waals surface area contributed by atoms with E-state index in [0.717, 1.165) is 70.5 Å². The van der Waals surface area contributed by atoms with Gasteiger partial charge in [-0.05, 0) is 44.2 Å². The van der Waals surface area contributed by atoms with Crippen LogP contribution in [-0.4, -0.2) is 59.0 Å². The average molecular weight is 391 g/mol. The van der Waals surface area contributed by atoms with Gasteiger partial charge in [0.2, 0.25) is 0 Å². The minimum absolute atomic E-state index is 0.582. The van der Waals surface area contributed by atoms with Gasteiger partial charge in [0.1, 0.15) is 5.75 Å². The van der Waals surface area contributed by atoms with Crippen molar-refractivity contribution in [2.75, 3.05) is 57.9 Å². The van der Waals surface area contributed by atoms with Gasteiger partial charge >= 0.3 is 0 Å². The summed E-state index contributed by atoms with van der Waals surface area (Å²) in [7, 11) is 1.72. The molecule has 0 spiro atoms. The highest BCUT2D eigenvalue weighted by atomic mass is 16.5. The first-order valence-electron chi connectivity index (χ1n) is 10.8. The lowest BCUT2D eigenvalue weighted by atomic mass is 10.1. The van der Waals surface area contributed by atoms with Crippen molar-refractivity contribution in [2.24, 2.45) is 10.9 Å². The molecule has 2 N–H and O–H groups in total. The zero-order valence-electron chi connectivity index (χ0n) is 17.9. The van der Waals surface area contributed by atoms with E-state index in [1.54, 1.807) is 7.11 Å². The fraction of sp³-hybridized carbons (Fsp3) is 0.682. The smallest absolute Gasteiger partial charge is 0.191 e. The highest BCUT2D eigenvalue weighted by Gasteiger charge is 2.22. The summed E-state index contributed by atoms with van der Waals surface area (Å²) in [5, 5.41) is 6.77. The van der Waals surface area contributed by atoms with E-state index >= 15 is 0 Å². The van der Waals surface area contributed by atoms with E-state index in [-0.39, 0.29) is 0 Å². The van der Waals surface area contributed by atoms with Crippen LogP contribution in [0.1, 0.15) is 39.5 Å². The van der Waals surface area contributed by atoms with Crippen molar-refractivity contribution in [3.05, 3.63) is 24.3 Å². The summed E-state index contributed by atoms with van der Waals surface area (Å²) in [5.74, 6) is 2.41. The summed E-state index contributed by atoms with van der Waals surface area (Å²) in [6.45, 7) is 10.7. The van der Waals surface area contributed by atoms with Crippen molar-refractivity contribution >= 4 is 11.6 Å². The van der Waals surface area contributed by atoms with Crippen LogP contribution in [0.4, 0.5) is 5.69 Å². The van der Waals surface area contributed by atoms with Crippen LogP contribution in [-0.2, 0) is 4.74 Å². The first-order valence-corrected chi connectivity index (χ1v) is 10.8. The molecule has 0 radical (unpaired) electrons. The molecule has 1 atom stereocenters. The molecule has 158 valence electrons. The van der Waals surface area contributed by atoms with Gasteiger partial charge in [0, 0.05) is 57.7 Å². The second-order valence-corrected chi connectivity index (χ2v) is 7.27. The van der Waals surface area contributed by atoms with Crippen LogP contribution in [0.15, 0.2) is 29.3 Å². The van der Waals surface area contributed by atoms with Crippen LogP contribution in [0.3, 0.4) is 0 Å². The first kappa shape index (κ1) is 22.3. The second kappa shape index (κ2) is 13.3. The van der Waals surface area contributed by atoms with Gasteiger partial charge in [-0.25, -0.2) is 0 Å². The predicted molar refractivity (Wildman–Crippen MR) is 118 cm³/mol. The molecule has 2 rings (SSSR count). The molecule has 0 aromatic heterocycles. The Balaban J connectivity index is 1.73. The van der Waals surface area contributed by atoms with Gasteiger partial charge in [0.05, 0.1) is 7.11 Å². The number of nitrogens with one attached hydrogen (secondary N) is 2. The Morgan fingerprint density at radius 1 is 1.21 bits per heavy atom. The number of methoxy groups -OCH3 is 1. The summed E-state index contributed by atoms with van der Waals surface area (Å²) < 4.78 is 11.0. The van der Waals surface area contributed by atoms with Crippen LogP contribution in [0.25, 0.3) is 0 Å². The molecule has 6 heteroatoms. The first-order chi connectivity index (χ1) is 13.8. The number of nitrogens with zero attached hydrogens (tertiary/aromatic N) is 2. The molecule has 1 saturated heterocycles. The van der Waals surface area contributed by atoms with E-state index in [9.17, 15) is 0 Å². The van der Waals surface area contributed by atoms with E-state index < -0.39 is 0 Å². The van der Waals surface area contributed by atoms with Gasteiger partial charge in [0.15, 0.2) is 5.96 Å². The molecule has 1 aliphatic rings. The maximum Gasteiger partial charge on any atom is 0.191 e. The maximum atomic E-state index is 5.61. The lowest BCUT2D eigenvalue weighted by molar-refractivity contribution is 0.129. The van der Waals surface area contributed by atoms with Crippen molar-refractivity contribution in [3.63, 3.8) is 0 Å². The third-order valence-corrected chi connectivity index (χ3v) is 4.96. The molecule has 1 aliphatic heterocycles. The number of aliphatic imine (C=N–C) groups is 1. The van der Waals surface area contributed by atoms with Gasteiger partial charge in [-0.15, -0.1) is 0 Å². The summed E-state index contributed by atoms with van der Waals surface area (Å²) >= 11 is 0. The number of hydrogen-bond acceptors (Lipinski definition) is 4. The van der Waals surface area contributed by atoms with Crippen LogP contribution in [0.5, 0.6) is 5.75 Å². The standard InChI is InChI=1S/C22H38N4O2/c1-4-6-14-28-15-8-12-24-22(23-5-2)25-17-19-11-13-26(18-19)20-9-7-10-21(16-20)27-3/h7,9-10,16,19H,4-6,8,11-15,17-18H2,1-3H3,(H2,23,24,25). The van der Waals surface area contributed by atoms with E-state index in [2.05, 4.69) is 47.6 Å². The Bertz CT molecular complexity index is 579. The SMILES string of the molecule is CCCCOCCCNC(=NCC1CCN(c2cccc(OC)c2)C1)NCC. The van der Waals surface area contributed by atoms with Crippen molar-refractivity contribution in [1.29, 1.82) is 0 Å². The Hall–Kier alpha value is -1.95. The number of hydrogen-bond donors (Lipinski definition) is 2. The molecular formula is C22H38N4O2. The van der Waals surface area contributed by atoms with Gasteiger partial charge in [-0.3, -0.25) is 4.99 Å². The predicted octanol–water partition coefficient (Wildman–Crippen LogP) is 3.28. The highest BCUT2D eigenvalue weighted by molar-refractivity contribution is 5.79. The topological polar surface area (TPSA) is 58.1 Å².